The van der Waals surface area contributed by atoms with Gasteiger partial charge < -0.3 is 5.73 Å². The van der Waals surface area contributed by atoms with Crippen LogP contribution in [-0.2, 0) is 7.05 Å². The van der Waals surface area contributed by atoms with Gasteiger partial charge in [-0.2, -0.15) is 5.10 Å². The number of aromatic nitrogens is 3. The lowest BCUT2D eigenvalue weighted by Crippen LogP contribution is -2.16. The van der Waals surface area contributed by atoms with Gasteiger partial charge in [-0.1, -0.05) is 11.6 Å². The van der Waals surface area contributed by atoms with E-state index in [0.717, 1.165) is 11.3 Å². The Morgan fingerprint density at radius 2 is 2.28 bits per heavy atom. The third kappa shape index (κ3) is 2.08. The Morgan fingerprint density at radius 1 is 1.61 bits per heavy atom. The van der Waals surface area contributed by atoms with Gasteiger partial charge in [0, 0.05) is 7.05 Å². The standard InChI is InChI=1S/C9H7ClF2N4OS/c1-16-5(8(13)17)3(2-14-16)9-15-4(7(11)12)6(10)18-9/h2,7H,1H3,(H2,13,17). The molecule has 9 heteroatoms. The summed E-state index contributed by atoms with van der Waals surface area (Å²) in [5.41, 5.74) is 5.09. The van der Waals surface area contributed by atoms with E-state index in [9.17, 15) is 13.6 Å². The van der Waals surface area contributed by atoms with Crippen LogP contribution >= 0.6 is 22.9 Å². The van der Waals surface area contributed by atoms with Crippen molar-refractivity contribution in [3.8, 4) is 10.6 Å². The molecular formula is C9H7ClF2N4OS. The summed E-state index contributed by atoms with van der Waals surface area (Å²) in [6.45, 7) is 0. The Labute approximate surface area is 109 Å². The first kappa shape index (κ1) is 12.9. The molecule has 0 unspecified atom stereocenters. The molecule has 2 heterocycles. The number of carbonyl (C=O) groups is 1. The SMILES string of the molecule is Cn1ncc(-c2nc(C(F)F)c(Cl)s2)c1C(N)=O. The van der Waals surface area contributed by atoms with Gasteiger partial charge in [-0.15, -0.1) is 11.3 Å². The maximum atomic E-state index is 12.6. The topological polar surface area (TPSA) is 73.8 Å². The lowest BCUT2D eigenvalue weighted by atomic mass is 10.2. The zero-order valence-corrected chi connectivity index (χ0v) is 10.6. The fraction of sp³-hybridized carbons (Fsp3) is 0.222. The molecule has 0 radical (unpaired) electrons. The second-order valence-electron chi connectivity index (χ2n) is 3.37. The quantitative estimate of drug-likeness (QED) is 0.943. The van der Waals surface area contributed by atoms with Crippen LogP contribution in [0.25, 0.3) is 10.6 Å². The molecule has 96 valence electrons. The molecule has 18 heavy (non-hydrogen) atoms. The van der Waals surface area contributed by atoms with Crippen LogP contribution in [0.2, 0.25) is 4.34 Å². The number of amides is 1. The number of carbonyl (C=O) groups excluding carboxylic acids is 1. The van der Waals surface area contributed by atoms with E-state index in [2.05, 4.69) is 10.1 Å². The molecule has 0 fully saturated rings. The van der Waals surface area contributed by atoms with Gasteiger partial charge in [0.05, 0.1) is 11.8 Å². The van der Waals surface area contributed by atoms with Crippen LogP contribution in [0.1, 0.15) is 22.6 Å². The van der Waals surface area contributed by atoms with Gasteiger partial charge in [-0.05, 0) is 0 Å². The van der Waals surface area contributed by atoms with E-state index in [-0.39, 0.29) is 15.0 Å². The maximum Gasteiger partial charge on any atom is 0.282 e. The van der Waals surface area contributed by atoms with Gasteiger partial charge in [0.15, 0.2) is 0 Å². The molecular weight excluding hydrogens is 286 g/mol. The average molecular weight is 293 g/mol. The number of thiazole rings is 1. The highest BCUT2D eigenvalue weighted by molar-refractivity contribution is 7.19. The fourth-order valence-electron chi connectivity index (χ4n) is 1.45. The zero-order valence-electron chi connectivity index (χ0n) is 9.02. The third-order valence-corrected chi connectivity index (χ3v) is 3.54. The van der Waals surface area contributed by atoms with E-state index in [0.29, 0.717) is 5.56 Å². The van der Waals surface area contributed by atoms with Crippen molar-refractivity contribution >= 4 is 28.8 Å². The molecule has 0 aromatic carbocycles. The summed E-state index contributed by atoms with van der Waals surface area (Å²) >= 11 is 6.52. The predicted octanol–water partition coefficient (Wildman–Crippen LogP) is 2.23. The highest BCUT2D eigenvalue weighted by Gasteiger charge is 2.23. The molecule has 0 saturated heterocycles. The van der Waals surface area contributed by atoms with Crippen LogP contribution in [0.15, 0.2) is 6.20 Å². The predicted molar refractivity (Wildman–Crippen MR) is 62.8 cm³/mol. The molecule has 2 N–H and O–H groups in total. The summed E-state index contributed by atoms with van der Waals surface area (Å²) in [4.78, 5) is 15.0. The van der Waals surface area contributed by atoms with Gasteiger partial charge in [0.1, 0.15) is 20.7 Å². The lowest BCUT2D eigenvalue weighted by Gasteiger charge is -1.98. The smallest absolute Gasteiger partial charge is 0.282 e. The summed E-state index contributed by atoms with van der Waals surface area (Å²) in [5.74, 6) is -0.713. The molecule has 2 aromatic rings. The molecule has 5 nitrogen and oxygen atoms in total. The second kappa shape index (κ2) is 4.62. The first-order valence-corrected chi connectivity index (χ1v) is 5.87. The molecule has 0 spiro atoms. The summed E-state index contributed by atoms with van der Waals surface area (Å²) in [6.07, 6.45) is -1.43. The van der Waals surface area contributed by atoms with Gasteiger partial charge in [-0.25, -0.2) is 13.8 Å². The molecule has 0 bridgehead atoms. The Morgan fingerprint density at radius 3 is 2.78 bits per heavy atom. The minimum Gasteiger partial charge on any atom is -0.364 e. The summed E-state index contributed by atoms with van der Waals surface area (Å²) in [5, 5.41) is 4.04. The number of rotatable bonds is 3. The minimum absolute atomic E-state index is 0.0984. The average Bonchev–Trinajstić information content (AvgIpc) is 2.81. The van der Waals surface area contributed by atoms with E-state index in [4.69, 9.17) is 17.3 Å². The van der Waals surface area contributed by atoms with Crippen molar-refractivity contribution in [1.29, 1.82) is 0 Å². The van der Waals surface area contributed by atoms with E-state index < -0.39 is 18.0 Å². The number of hydrogen-bond acceptors (Lipinski definition) is 4. The van der Waals surface area contributed by atoms with Gasteiger partial charge in [-0.3, -0.25) is 9.48 Å². The lowest BCUT2D eigenvalue weighted by molar-refractivity contribution is 0.0992. The zero-order chi connectivity index (χ0) is 13.4. The molecule has 2 rings (SSSR count). The van der Waals surface area contributed by atoms with Crippen molar-refractivity contribution in [2.75, 3.05) is 0 Å². The first-order valence-electron chi connectivity index (χ1n) is 4.68. The van der Waals surface area contributed by atoms with Crippen LogP contribution in [0.4, 0.5) is 8.78 Å². The summed E-state index contributed by atoms with van der Waals surface area (Å²) in [7, 11) is 1.52. The third-order valence-electron chi connectivity index (χ3n) is 2.22. The van der Waals surface area contributed by atoms with Gasteiger partial charge in [0.25, 0.3) is 12.3 Å². The molecule has 0 aliphatic heterocycles. The minimum atomic E-state index is -2.77. The monoisotopic (exact) mass is 292 g/mol. The Hall–Kier alpha value is -1.54. The van der Waals surface area contributed by atoms with E-state index in [1.54, 1.807) is 0 Å². The highest BCUT2D eigenvalue weighted by atomic mass is 35.5. The van der Waals surface area contributed by atoms with Gasteiger partial charge in [0.2, 0.25) is 0 Å². The fourth-order valence-corrected chi connectivity index (χ4v) is 2.61. The number of hydrogen-bond donors (Lipinski definition) is 1. The second-order valence-corrected chi connectivity index (χ2v) is 4.97. The molecule has 0 saturated carbocycles. The van der Waals surface area contributed by atoms with Crippen LogP contribution in [0, 0.1) is 0 Å². The first-order chi connectivity index (χ1) is 8.41. The highest BCUT2D eigenvalue weighted by Crippen LogP contribution is 2.37. The van der Waals surface area contributed by atoms with Crippen molar-refractivity contribution in [3.63, 3.8) is 0 Å². The van der Waals surface area contributed by atoms with Gasteiger partial charge >= 0.3 is 0 Å². The number of nitrogens with two attached hydrogens (primary N) is 1. The molecule has 1 amide bonds. The van der Waals surface area contributed by atoms with Crippen molar-refractivity contribution < 1.29 is 13.6 Å². The molecule has 0 aliphatic rings. The Balaban J connectivity index is 2.56. The number of primary amides is 1. The van der Waals surface area contributed by atoms with E-state index in [1.807, 2.05) is 0 Å². The number of halogens is 3. The molecule has 0 atom stereocenters. The summed E-state index contributed by atoms with van der Waals surface area (Å²) in [6, 6.07) is 0. The normalized spacial score (nSPS) is 11.2. The Kier molecular flexibility index (Phi) is 3.31. The van der Waals surface area contributed by atoms with E-state index >= 15 is 0 Å². The maximum absolute atomic E-state index is 12.6. The molecule has 2 aromatic heterocycles. The van der Waals surface area contributed by atoms with E-state index in [1.165, 1.54) is 17.9 Å². The number of aryl methyl sites for hydroxylation is 1. The Bertz CT molecular complexity index is 610. The van der Waals surface area contributed by atoms with Crippen molar-refractivity contribution in [3.05, 3.63) is 21.9 Å². The van der Waals surface area contributed by atoms with Crippen molar-refractivity contribution in [1.82, 2.24) is 14.8 Å². The molecule has 0 aliphatic carbocycles. The van der Waals surface area contributed by atoms with Crippen LogP contribution in [-0.4, -0.2) is 20.7 Å². The summed E-state index contributed by atoms with van der Waals surface area (Å²) < 4.78 is 26.3. The number of nitrogens with zero attached hydrogens (tertiary/aromatic N) is 3. The van der Waals surface area contributed by atoms with Crippen LogP contribution < -0.4 is 5.73 Å². The van der Waals surface area contributed by atoms with Crippen molar-refractivity contribution in [2.24, 2.45) is 12.8 Å². The van der Waals surface area contributed by atoms with Crippen LogP contribution in [0.3, 0.4) is 0 Å². The number of alkyl halides is 2. The van der Waals surface area contributed by atoms with Crippen molar-refractivity contribution in [2.45, 2.75) is 6.43 Å². The largest absolute Gasteiger partial charge is 0.364 e. The van der Waals surface area contributed by atoms with Crippen LogP contribution in [0.5, 0.6) is 0 Å².